The number of furan rings is 1. The van der Waals surface area contributed by atoms with Gasteiger partial charge >= 0.3 is 0 Å². The van der Waals surface area contributed by atoms with Crippen LogP contribution in [-0.4, -0.2) is 22.2 Å². The van der Waals surface area contributed by atoms with Gasteiger partial charge in [-0.05, 0) is 171 Å². The van der Waals surface area contributed by atoms with Gasteiger partial charge in [0, 0.05) is 33.8 Å². The van der Waals surface area contributed by atoms with Crippen molar-refractivity contribution in [2.75, 3.05) is 0 Å². The monoisotopic (exact) mass is 1330 g/mol. The van der Waals surface area contributed by atoms with Crippen LogP contribution in [0.15, 0.2) is 350 Å². The Morgan fingerprint density at radius 1 is 0.426 bits per heavy atom. The maximum atomic E-state index is 11.2. The summed E-state index contributed by atoms with van der Waals surface area (Å²) in [5, 5.41) is -0.559. The molecule has 0 amide bonds. The number of aromatic nitrogens is 4. The van der Waals surface area contributed by atoms with Crippen LogP contribution in [0.1, 0.15) is 59.2 Å². The van der Waals surface area contributed by atoms with E-state index in [-0.39, 0.29) is 33.2 Å². The van der Waals surface area contributed by atoms with Gasteiger partial charge in [0.25, 0.3) is 6.33 Å². The van der Waals surface area contributed by atoms with Gasteiger partial charge in [-0.25, -0.2) is 4.98 Å². The summed E-state index contributed by atoms with van der Waals surface area (Å²) in [5.41, 5.74) is 7.95. The normalized spacial score (nSPS) is 15.4. The Kier molecular flexibility index (Phi) is 9.34. The maximum absolute atomic E-state index is 11.2. The third kappa shape index (κ3) is 9.83. The molecule has 0 spiro atoms. The summed E-state index contributed by atoms with van der Waals surface area (Å²) in [6.07, 6.45) is 5.58. The van der Waals surface area contributed by atoms with Crippen molar-refractivity contribution < 1.29 is 46.6 Å². The minimum Gasteiger partial charge on any atom is -0.458 e. The van der Waals surface area contributed by atoms with Crippen LogP contribution >= 0.6 is 0 Å². The highest BCUT2D eigenvalue weighted by Gasteiger charge is 2.42. The summed E-state index contributed by atoms with van der Waals surface area (Å²) in [4.78, 5) is 4.91. The summed E-state index contributed by atoms with van der Waals surface area (Å²) in [5.74, 6) is 1.40. The maximum Gasteiger partial charge on any atom is 0.269 e. The first kappa shape index (κ1) is 39.6. The van der Waals surface area contributed by atoms with E-state index in [2.05, 4.69) is 37.7 Å². The minimum atomic E-state index is -6.40. The predicted molar refractivity (Wildman–Crippen MR) is 418 cm³/mol. The fourth-order valence-electron chi connectivity index (χ4n) is 14.5. The van der Waals surface area contributed by atoms with Crippen LogP contribution in [-0.2, 0) is 5.41 Å². The number of benzene rings is 14. The minimum absolute atomic E-state index is 0.131. The molecule has 0 atom stereocenters. The van der Waals surface area contributed by atoms with Crippen molar-refractivity contribution in [2.24, 2.45) is 0 Å². The summed E-state index contributed by atoms with van der Waals surface area (Å²) < 4.78 is 251. The fourth-order valence-corrected chi connectivity index (χ4v) is 18.1. The van der Waals surface area contributed by atoms with Gasteiger partial charge in [-0.1, -0.05) is 281 Å². The first-order valence-corrected chi connectivity index (χ1v) is 34.7. The van der Waals surface area contributed by atoms with E-state index in [9.17, 15) is 24.7 Å². The van der Waals surface area contributed by atoms with E-state index in [0.717, 1.165) is 38.1 Å². The smallest absolute Gasteiger partial charge is 0.269 e. The highest BCUT2D eigenvalue weighted by atomic mass is 28.3. The molecule has 7 heteroatoms. The molecule has 19 rings (SSSR count). The lowest BCUT2D eigenvalue weighted by Gasteiger charge is -2.34. The molecule has 6 nitrogen and oxygen atoms in total. The second kappa shape index (κ2) is 23.8. The molecule has 0 saturated carbocycles. The van der Waals surface area contributed by atoms with Gasteiger partial charge in [-0.2, -0.15) is 0 Å². The van der Waals surface area contributed by atoms with Gasteiger partial charge in [0.05, 0.1) is 66.3 Å². The predicted octanol–water partition coefficient (Wildman–Crippen LogP) is 20.9. The average Bonchev–Trinajstić information content (AvgIpc) is 1.16. The number of rotatable bonds is 11. The second-order valence-electron chi connectivity index (χ2n) is 25.7. The van der Waals surface area contributed by atoms with Crippen molar-refractivity contribution in [3.8, 4) is 95.5 Å². The molecule has 478 valence electrons. The second-order valence-corrected chi connectivity index (χ2v) is 29.2. The lowest BCUT2D eigenvalue weighted by molar-refractivity contribution is -0.570. The van der Waals surface area contributed by atoms with Crippen molar-refractivity contribution in [3.63, 3.8) is 0 Å². The number of nitrogens with zero attached hydrogens (tertiary/aromatic N) is 4. The molecule has 1 aliphatic rings. The number of para-hydroxylation sites is 3. The number of imidazole rings is 1. The fraction of sp³-hybridized carbons (Fsp3) is 0.0426. The zero-order valence-electron chi connectivity index (χ0n) is 78.2. The van der Waals surface area contributed by atoms with E-state index in [1.807, 2.05) is 126 Å². The lowest BCUT2D eigenvalue weighted by Crippen LogP contribution is -2.74. The van der Waals surface area contributed by atoms with Crippen LogP contribution in [0.25, 0.3) is 139 Å². The molecular formula is C94H66N4O2Si. The third-order valence-electron chi connectivity index (χ3n) is 19.0. The summed E-state index contributed by atoms with van der Waals surface area (Å²) >= 11 is 0. The molecule has 0 radical (unpaired) electrons. The van der Waals surface area contributed by atoms with Gasteiger partial charge in [0.2, 0.25) is 0 Å². The van der Waals surface area contributed by atoms with Crippen molar-refractivity contribution in [1.82, 2.24) is 14.1 Å². The Morgan fingerprint density at radius 3 is 1.78 bits per heavy atom. The molecule has 0 unspecified atom stereocenters. The van der Waals surface area contributed by atoms with E-state index in [0.29, 0.717) is 84.3 Å². The first-order chi connectivity index (χ1) is 59.7. The number of pyridine rings is 1. The van der Waals surface area contributed by atoms with Crippen LogP contribution in [0.3, 0.4) is 0 Å². The molecule has 4 aromatic heterocycles. The highest BCUT2D eigenvalue weighted by Crippen LogP contribution is 2.50. The van der Waals surface area contributed by atoms with Crippen molar-refractivity contribution in [1.29, 1.82) is 0 Å². The van der Waals surface area contributed by atoms with Crippen LogP contribution in [0.5, 0.6) is 11.5 Å². The number of hydrogen-bond acceptors (Lipinski definition) is 3. The van der Waals surface area contributed by atoms with Gasteiger partial charge in [-0.3, -0.25) is 13.7 Å². The summed E-state index contributed by atoms with van der Waals surface area (Å²) in [7, 11) is -6.40. The van der Waals surface area contributed by atoms with Gasteiger partial charge in [-0.15, -0.1) is 0 Å². The van der Waals surface area contributed by atoms with E-state index < -0.39 is 179 Å². The Bertz CT molecular complexity index is 7560. The van der Waals surface area contributed by atoms with Crippen LogP contribution in [0.2, 0.25) is 0 Å². The Labute approximate surface area is 620 Å². The lowest BCUT2D eigenvalue weighted by atomic mass is 9.84. The topological polar surface area (TPSA) is 49.0 Å². The highest BCUT2D eigenvalue weighted by molar-refractivity contribution is 7.20. The standard InChI is InChI=1S/C94H66N4O2Si/c1-94(2,3)66-52-53-95-90(58-66)98-85-46-20-18-40-78(85)79-50-49-69(60-86(79)98)99-68-30-23-29-67(59-68)96-61-97-92-75(64-48-51-89-83(55-64)80-41-19-21-47-88(80)100-89)43-25-45-82(92)91-74(62-26-8-4-9-27-62)42-24-44-81(91)76-38-16-17-39-77(76)84-56-65(57-87(96)93(84)97)63-28-22-37-73(54-63)101(70-31-10-5-11-32-70,71-33-12-6-13-34-71)72-35-14-7-15-36-72/h4-60H,1-3H3/i4D,5D,6D,7D,8D,9D,10D,11D,12D,13D,14D,15D,22D,26D,27D,28D,31D,32D,33D,34D,35D,36D,37D,54D. The first-order valence-electron chi connectivity index (χ1n) is 44.7. The SMILES string of the molecule is [2H]c1c([2H])c([2H])c(-c2cccc3c2-c2cccc(-c4ccc5oc6ccccc6c5c4)c2-[n+]2[c-]n(-c4cccc(Oc5ccc6c7ccccc7n(-c7cc(C(C)(C)C)ccn7)c6c5)c4)c4cc(-c5c([2H])c([2H])c([2H])c([Si](c6c([2H])c([2H])c([2H])c([2H])c6[2H])(c6c([2H])c([2H])c([2H])c([2H])c6[2H])c6c([2H])c([2H])c([2H])c([2H])c6[2H])c5[2H])cc(c42)-c2ccccc2-3)c([2H])c1[2H]. The van der Waals surface area contributed by atoms with Crippen LogP contribution in [0, 0.1) is 6.33 Å². The van der Waals surface area contributed by atoms with Gasteiger partial charge in [0.1, 0.15) is 28.5 Å². The molecule has 101 heavy (non-hydrogen) atoms. The number of fused-ring (bicyclic) bond motifs is 13. The van der Waals surface area contributed by atoms with Crippen molar-refractivity contribution in [2.45, 2.75) is 26.2 Å². The molecule has 0 bridgehead atoms. The molecule has 1 aliphatic heterocycles. The summed E-state index contributed by atoms with van der Waals surface area (Å²) in [6, 6.07) is 35.9. The number of hydrogen-bond donors (Lipinski definition) is 0. The zero-order chi connectivity index (χ0) is 88.2. The average molecular weight is 1340 g/mol. The van der Waals surface area contributed by atoms with E-state index in [1.165, 1.54) is 0 Å². The largest absolute Gasteiger partial charge is 0.458 e. The quantitative estimate of drug-likeness (QED) is 0.0561. The molecule has 0 fully saturated rings. The molecule has 0 aliphatic carbocycles. The van der Waals surface area contributed by atoms with Gasteiger partial charge in [0.15, 0.2) is 8.07 Å². The van der Waals surface area contributed by atoms with Crippen LogP contribution in [0.4, 0.5) is 0 Å². The third-order valence-corrected chi connectivity index (χ3v) is 23.0. The van der Waals surface area contributed by atoms with Crippen molar-refractivity contribution >= 4 is 83.6 Å². The molecule has 0 N–H and O–H groups in total. The molecule has 5 heterocycles. The van der Waals surface area contributed by atoms with Gasteiger partial charge < -0.3 is 9.15 Å². The van der Waals surface area contributed by atoms with E-state index >= 15 is 0 Å². The Hall–Kier alpha value is -12.7. The summed E-state index contributed by atoms with van der Waals surface area (Å²) in [6.45, 7) is 6.40. The Balaban J connectivity index is 0.972. The molecule has 0 saturated heterocycles. The Morgan fingerprint density at radius 2 is 1.03 bits per heavy atom. The molecule has 18 aromatic rings. The van der Waals surface area contributed by atoms with E-state index in [4.69, 9.17) is 22.4 Å². The number of ether oxygens (including phenoxy) is 1. The van der Waals surface area contributed by atoms with Crippen molar-refractivity contribution in [3.05, 3.63) is 357 Å². The zero-order valence-corrected chi connectivity index (χ0v) is 55.2. The van der Waals surface area contributed by atoms with Crippen LogP contribution < -0.4 is 30.1 Å². The van der Waals surface area contributed by atoms with E-state index in [1.54, 1.807) is 77.5 Å². The molecule has 14 aromatic carbocycles. The molecular weight excluding hydrogens is 1250 g/mol.